The summed E-state index contributed by atoms with van der Waals surface area (Å²) in [4.78, 5) is 24.2. The predicted octanol–water partition coefficient (Wildman–Crippen LogP) is 5.76. The summed E-state index contributed by atoms with van der Waals surface area (Å²) >= 11 is 0. The maximum atomic E-state index is 12.2. The molecule has 0 aliphatic heterocycles. The zero-order valence-electron chi connectivity index (χ0n) is 18.6. The van der Waals surface area contributed by atoms with Crippen molar-refractivity contribution in [3.8, 4) is 0 Å². The number of rotatable bonds is 7. The Balaban J connectivity index is 1.40. The third-order valence-electron chi connectivity index (χ3n) is 6.79. The number of benzene rings is 1. The van der Waals surface area contributed by atoms with Gasteiger partial charge >= 0.3 is 5.97 Å². The molecule has 0 spiro atoms. The van der Waals surface area contributed by atoms with Gasteiger partial charge in [-0.3, -0.25) is 4.79 Å². The second-order valence-electron chi connectivity index (χ2n) is 9.06. The van der Waals surface area contributed by atoms with Crippen molar-refractivity contribution in [2.24, 2.45) is 5.92 Å². The number of hydrogen-bond donors (Lipinski definition) is 1. The van der Waals surface area contributed by atoms with Gasteiger partial charge in [0.2, 0.25) is 5.91 Å². The molecule has 3 rings (SSSR count). The van der Waals surface area contributed by atoms with Crippen LogP contribution in [-0.4, -0.2) is 24.0 Å². The second kappa shape index (κ2) is 11.3. The quantitative estimate of drug-likeness (QED) is 0.458. The average Bonchev–Trinajstić information content (AvgIpc) is 2.79. The molecule has 164 valence electrons. The molecule has 0 radical (unpaired) electrons. The first-order valence-electron chi connectivity index (χ1n) is 11.8. The number of carbonyl (C=O) groups excluding carboxylic acids is 2. The lowest BCUT2D eigenvalue weighted by atomic mass is 9.84. The summed E-state index contributed by atoms with van der Waals surface area (Å²) < 4.78 is 5.62. The fraction of sp³-hybridized carbons (Fsp3) is 0.615. The summed E-state index contributed by atoms with van der Waals surface area (Å²) in [6, 6.07) is 8.81. The van der Waals surface area contributed by atoms with Gasteiger partial charge < -0.3 is 10.1 Å². The maximum Gasteiger partial charge on any atom is 0.331 e. The molecule has 1 unspecified atom stereocenters. The van der Waals surface area contributed by atoms with Crippen LogP contribution in [-0.2, 0) is 14.3 Å². The Morgan fingerprint density at radius 3 is 2.33 bits per heavy atom. The van der Waals surface area contributed by atoms with Crippen LogP contribution in [0.1, 0.15) is 95.1 Å². The molecule has 1 aromatic carbocycles. The van der Waals surface area contributed by atoms with Crippen molar-refractivity contribution in [2.45, 2.75) is 96.1 Å². The first-order chi connectivity index (χ1) is 14.5. The third-order valence-corrected chi connectivity index (χ3v) is 6.79. The highest BCUT2D eigenvalue weighted by atomic mass is 16.5. The number of carbonyl (C=O) groups is 2. The van der Waals surface area contributed by atoms with E-state index in [1.165, 1.54) is 43.7 Å². The van der Waals surface area contributed by atoms with E-state index in [0.29, 0.717) is 5.92 Å². The molecular formula is C26H37NO3. The predicted molar refractivity (Wildman–Crippen MR) is 121 cm³/mol. The fourth-order valence-corrected chi connectivity index (χ4v) is 4.54. The number of nitrogens with one attached hydrogen (secondary N) is 1. The summed E-state index contributed by atoms with van der Waals surface area (Å²) in [6.07, 6.45) is 14.2. The molecule has 30 heavy (non-hydrogen) atoms. The van der Waals surface area contributed by atoms with Gasteiger partial charge in [-0.2, -0.15) is 0 Å². The molecule has 4 nitrogen and oxygen atoms in total. The molecule has 2 fully saturated rings. The van der Waals surface area contributed by atoms with Gasteiger partial charge in [0, 0.05) is 18.0 Å². The van der Waals surface area contributed by atoms with Crippen LogP contribution in [0, 0.1) is 5.92 Å². The van der Waals surface area contributed by atoms with Crippen LogP contribution in [0.2, 0.25) is 0 Å². The van der Waals surface area contributed by atoms with E-state index >= 15 is 0 Å². The molecule has 1 atom stereocenters. The van der Waals surface area contributed by atoms with E-state index in [-0.39, 0.29) is 29.9 Å². The minimum atomic E-state index is -0.279. The lowest BCUT2D eigenvalue weighted by Gasteiger charge is -2.29. The Morgan fingerprint density at radius 1 is 1.03 bits per heavy atom. The van der Waals surface area contributed by atoms with Gasteiger partial charge in [-0.15, -0.1) is 0 Å². The van der Waals surface area contributed by atoms with Crippen LogP contribution in [0.5, 0.6) is 0 Å². The Hall–Kier alpha value is -2.10. The SMILES string of the molecule is CCC(C)C(=O)NC1CCC(OC(=O)/C=C/c2ccc(C3CCCCC3)cc2)CC1. The minimum absolute atomic E-state index is 0.0485. The van der Waals surface area contributed by atoms with Gasteiger partial charge in [0.1, 0.15) is 6.10 Å². The summed E-state index contributed by atoms with van der Waals surface area (Å²) in [6.45, 7) is 3.98. The van der Waals surface area contributed by atoms with Gasteiger partial charge in [0.25, 0.3) is 0 Å². The number of hydrogen-bond acceptors (Lipinski definition) is 3. The Bertz CT molecular complexity index is 710. The van der Waals surface area contributed by atoms with Crippen LogP contribution >= 0.6 is 0 Å². The number of esters is 1. The summed E-state index contributed by atoms with van der Waals surface area (Å²) in [5, 5.41) is 3.12. The van der Waals surface area contributed by atoms with Gasteiger partial charge in [-0.25, -0.2) is 4.79 Å². The van der Waals surface area contributed by atoms with Crippen LogP contribution < -0.4 is 5.32 Å². The molecule has 1 amide bonds. The molecule has 0 bridgehead atoms. The van der Waals surface area contributed by atoms with E-state index in [9.17, 15) is 9.59 Å². The molecule has 0 saturated heterocycles. The topological polar surface area (TPSA) is 55.4 Å². The highest BCUT2D eigenvalue weighted by molar-refractivity contribution is 5.87. The van der Waals surface area contributed by atoms with E-state index in [4.69, 9.17) is 4.74 Å². The van der Waals surface area contributed by atoms with Crippen molar-refractivity contribution in [1.29, 1.82) is 0 Å². The van der Waals surface area contributed by atoms with E-state index in [2.05, 4.69) is 29.6 Å². The molecule has 2 saturated carbocycles. The van der Waals surface area contributed by atoms with Crippen molar-refractivity contribution in [3.63, 3.8) is 0 Å². The van der Waals surface area contributed by atoms with E-state index in [1.807, 2.05) is 19.9 Å². The average molecular weight is 412 g/mol. The monoisotopic (exact) mass is 411 g/mol. The van der Waals surface area contributed by atoms with Crippen LogP contribution in [0.15, 0.2) is 30.3 Å². The lowest BCUT2D eigenvalue weighted by Crippen LogP contribution is -2.41. The van der Waals surface area contributed by atoms with Gasteiger partial charge in [-0.1, -0.05) is 57.4 Å². The standard InChI is InChI=1S/C26H37NO3/c1-3-19(2)26(29)27-23-14-16-24(17-15-23)30-25(28)18-11-20-9-12-22(13-10-20)21-7-5-4-6-8-21/h9-13,18-19,21,23-24H,3-8,14-17H2,1-2H3,(H,27,29)/b18-11+. The molecule has 1 N–H and O–H groups in total. The first kappa shape index (κ1) is 22.6. The van der Waals surface area contributed by atoms with Crippen molar-refractivity contribution in [2.75, 3.05) is 0 Å². The maximum absolute atomic E-state index is 12.2. The zero-order chi connectivity index (χ0) is 21.3. The number of ether oxygens (including phenoxy) is 1. The zero-order valence-corrected chi connectivity index (χ0v) is 18.6. The van der Waals surface area contributed by atoms with Gasteiger partial charge in [0.15, 0.2) is 0 Å². The van der Waals surface area contributed by atoms with Gasteiger partial charge in [0.05, 0.1) is 0 Å². The first-order valence-corrected chi connectivity index (χ1v) is 11.8. The van der Waals surface area contributed by atoms with Crippen LogP contribution in [0.4, 0.5) is 0 Å². The minimum Gasteiger partial charge on any atom is -0.459 e. The molecule has 0 heterocycles. The largest absolute Gasteiger partial charge is 0.459 e. The van der Waals surface area contributed by atoms with Crippen LogP contribution in [0.3, 0.4) is 0 Å². The normalized spacial score (nSPS) is 23.8. The Morgan fingerprint density at radius 2 is 1.70 bits per heavy atom. The molecule has 4 heteroatoms. The van der Waals surface area contributed by atoms with E-state index in [1.54, 1.807) is 0 Å². The third kappa shape index (κ3) is 6.72. The van der Waals surface area contributed by atoms with E-state index in [0.717, 1.165) is 37.7 Å². The Kier molecular flexibility index (Phi) is 8.53. The summed E-state index contributed by atoms with van der Waals surface area (Å²) in [7, 11) is 0. The van der Waals surface area contributed by atoms with Crippen LogP contribution in [0.25, 0.3) is 6.08 Å². The Labute approximate surface area is 181 Å². The van der Waals surface area contributed by atoms with Crippen molar-refractivity contribution >= 4 is 18.0 Å². The van der Waals surface area contributed by atoms with Crippen molar-refractivity contribution in [1.82, 2.24) is 5.32 Å². The lowest BCUT2D eigenvalue weighted by molar-refractivity contribution is -0.144. The molecule has 0 aromatic heterocycles. The number of amides is 1. The fourth-order valence-electron chi connectivity index (χ4n) is 4.54. The van der Waals surface area contributed by atoms with Crippen molar-refractivity contribution in [3.05, 3.63) is 41.5 Å². The van der Waals surface area contributed by atoms with E-state index < -0.39 is 0 Å². The van der Waals surface area contributed by atoms with Crippen molar-refractivity contribution < 1.29 is 14.3 Å². The highest BCUT2D eigenvalue weighted by Crippen LogP contribution is 2.32. The molecule has 2 aliphatic rings. The summed E-state index contributed by atoms with van der Waals surface area (Å²) in [5.41, 5.74) is 2.45. The summed E-state index contributed by atoms with van der Waals surface area (Å²) in [5.74, 6) is 0.614. The highest BCUT2D eigenvalue weighted by Gasteiger charge is 2.25. The smallest absolute Gasteiger partial charge is 0.331 e. The molecule has 2 aliphatic carbocycles. The van der Waals surface area contributed by atoms with Gasteiger partial charge in [-0.05, 0) is 68.1 Å². The molecule has 1 aromatic rings. The second-order valence-corrected chi connectivity index (χ2v) is 9.06. The molecular weight excluding hydrogens is 374 g/mol.